The van der Waals surface area contributed by atoms with Gasteiger partial charge in [-0.3, -0.25) is 4.79 Å². The highest BCUT2D eigenvalue weighted by Crippen LogP contribution is 2.25. The third-order valence-corrected chi connectivity index (χ3v) is 3.05. The lowest BCUT2D eigenvalue weighted by Crippen LogP contribution is -2.46. The molecule has 98 valence electrons. The van der Waals surface area contributed by atoms with Crippen LogP contribution < -0.4 is 0 Å². The van der Waals surface area contributed by atoms with E-state index < -0.39 is 5.60 Å². The summed E-state index contributed by atoms with van der Waals surface area (Å²) in [7, 11) is 1.78. The van der Waals surface area contributed by atoms with Crippen LogP contribution in [0.25, 0.3) is 0 Å². The maximum Gasteiger partial charge on any atom is 0.269 e. The maximum atomic E-state index is 12.3. The monoisotopic (exact) mass is 250 g/mol. The van der Waals surface area contributed by atoms with Gasteiger partial charge in [-0.1, -0.05) is 5.16 Å². The van der Waals surface area contributed by atoms with Crippen LogP contribution in [0.5, 0.6) is 0 Å². The van der Waals surface area contributed by atoms with Gasteiger partial charge in [-0.2, -0.15) is 0 Å². The van der Waals surface area contributed by atoms with Crippen molar-refractivity contribution in [2.24, 2.45) is 5.16 Å². The summed E-state index contributed by atoms with van der Waals surface area (Å²) in [4.78, 5) is 23.2. The van der Waals surface area contributed by atoms with E-state index in [0.29, 0.717) is 13.0 Å². The summed E-state index contributed by atoms with van der Waals surface area (Å²) in [5, 5.41) is 3.86. The second-order valence-electron chi connectivity index (χ2n) is 4.85. The molecule has 6 nitrogen and oxygen atoms in total. The molecule has 0 bridgehead atoms. The fourth-order valence-electron chi connectivity index (χ4n) is 2.04. The molecule has 1 aromatic rings. The molecule has 1 aliphatic rings. The van der Waals surface area contributed by atoms with E-state index in [-0.39, 0.29) is 5.91 Å². The SMILES string of the molecule is CC1=NO[C@@](C)(C(=O)N(C)CCn2ccnc2)C1. The Morgan fingerprint density at radius 1 is 1.67 bits per heavy atom. The Bertz CT molecular complexity index is 455. The number of aromatic nitrogens is 2. The Labute approximate surface area is 106 Å². The molecule has 1 amide bonds. The molecule has 1 atom stereocenters. The minimum Gasteiger partial charge on any atom is -0.379 e. The van der Waals surface area contributed by atoms with Crippen LogP contribution >= 0.6 is 0 Å². The Balaban J connectivity index is 1.89. The quantitative estimate of drug-likeness (QED) is 0.797. The molecule has 0 N–H and O–H groups in total. The molecule has 0 saturated carbocycles. The highest BCUT2D eigenvalue weighted by atomic mass is 16.7. The Morgan fingerprint density at radius 2 is 2.44 bits per heavy atom. The van der Waals surface area contributed by atoms with Gasteiger partial charge in [-0.25, -0.2) is 4.98 Å². The fraction of sp³-hybridized carbons (Fsp3) is 0.583. The predicted molar refractivity (Wildman–Crippen MR) is 67.1 cm³/mol. The summed E-state index contributed by atoms with van der Waals surface area (Å²) < 4.78 is 1.93. The van der Waals surface area contributed by atoms with Gasteiger partial charge in [-0.05, 0) is 13.8 Å². The predicted octanol–water partition coefficient (Wildman–Crippen LogP) is 0.896. The highest BCUT2D eigenvalue weighted by molar-refractivity contribution is 5.94. The molecule has 0 fully saturated rings. The van der Waals surface area contributed by atoms with Crippen molar-refractivity contribution in [1.29, 1.82) is 0 Å². The first-order valence-electron chi connectivity index (χ1n) is 5.94. The molecule has 0 unspecified atom stereocenters. The minimum atomic E-state index is -0.840. The van der Waals surface area contributed by atoms with Crippen LogP contribution in [0.3, 0.4) is 0 Å². The molecule has 2 heterocycles. The molecule has 0 saturated heterocycles. The summed E-state index contributed by atoms with van der Waals surface area (Å²) in [6.45, 7) is 4.98. The Morgan fingerprint density at radius 3 is 3.00 bits per heavy atom. The van der Waals surface area contributed by atoms with Gasteiger partial charge in [0.25, 0.3) is 5.91 Å². The van der Waals surface area contributed by atoms with Gasteiger partial charge in [0, 0.05) is 39.0 Å². The number of imidazole rings is 1. The Kier molecular flexibility index (Phi) is 3.36. The number of likely N-dealkylation sites (N-methyl/N-ethyl adjacent to an activating group) is 1. The van der Waals surface area contributed by atoms with E-state index >= 15 is 0 Å². The second kappa shape index (κ2) is 4.80. The molecule has 1 aromatic heterocycles. The number of amides is 1. The normalized spacial score (nSPS) is 22.5. The van der Waals surface area contributed by atoms with E-state index in [1.807, 2.05) is 17.7 Å². The second-order valence-corrected chi connectivity index (χ2v) is 4.85. The van der Waals surface area contributed by atoms with Crippen molar-refractivity contribution in [3.05, 3.63) is 18.7 Å². The zero-order chi connectivity index (χ0) is 13.2. The average Bonchev–Trinajstić information content (AvgIpc) is 2.96. The van der Waals surface area contributed by atoms with Crippen molar-refractivity contribution in [2.75, 3.05) is 13.6 Å². The number of hydrogen-bond acceptors (Lipinski definition) is 4. The van der Waals surface area contributed by atoms with Crippen molar-refractivity contribution < 1.29 is 9.63 Å². The molecule has 0 spiro atoms. The number of hydrogen-bond donors (Lipinski definition) is 0. The molecule has 2 rings (SSSR count). The Hall–Kier alpha value is -1.85. The van der Waals surface area contributed by atoms with E-state index in [9.17, 15) is 4.79 Å². The number of carbonyl (C=O) groups excluding carboxylic acids is 1. The van der Waals surface area contributed by atoms with Crippen LogP contribution in [0.1, 0.15) is 20.3 Å². The van der Waals surface area contributed by atoms with E-state index in [0.717, 1.165) is 12.3 Å². The molecule has 18 heavy (non-hydrogen) atoms. The molecule has 6 heteroatoms. The number of rotatable bonds is 4. The van der Waals surface area contributed by atoms with Gasteiger partial charge in [0.15, 0.2) is 0 Å². The number of carbonyl (C=O) groups is 1. The lowest BCUT2D eigenvalue weighted by molar-refractivity contribution is -0.151. The van der Waals surface area contributed by atoms with Gasteiger partial charge < -0.3 is 14.3 Å². The summed E-state index contributed by atoms with van der Waals surface area (Å²) in [5.41, 5.74) is 0.0159. The van der Waals surface area contributed by atoms with Crippen molar-refractivity contribution >= 4 is 11.6 Å². The third kappa shape index (κ3) is 2.52. The van der Waals surface area contributed by atoms with Crippen LogP contribution in [-0.2, 0) is 16.2 Å². The van der Waals surface area contributed by atoms with Gasteiger partial charge in [0.05, 0.1) is 12.0 Å². The zero-order valence-electron chi connectivity index (χ0n) is 11.0. The lowest BCUT2D eigenvalue weighted by atomic mass is 9.99. The van der Waals surface area contributed by atoms with Gasteiger partial charge in [0.2, 0.25) is 5.60 Å². The molecule has 1 aliphatic heterocycles. The zero-order valence-corrected chi connectivity index (χ0v) is 11.0. The number of oxime groups is 1. The summed E-state index contributed by atoms with van der Waals surface area (Å²) >= 11 is 0. The van der Waals surface area contributed by atoms with Crippen LogP contribution in [-0.4, -0.2) is 45.3 Å². The average molecular weight is 250 g/mol. The summed E-state index contributed by atoms with van der Waals surface area (Å²) in [6.07, 6.45) is 5.89. The maximum absolute atomic E-state index is 12.3. The van der Waals surface area contributed by atoms with Crippen LogP contribution in [0.15, 0.2) is 23.9 Å². The standard InChI is InChI=1S/C12H18N4O2/c1-10-8-12(2,18-14-10)11(17)15(3)6-7-16-5-4-13-9-16/h4-5,9H,6-8H2,1-3H3/t12-/m1/s1. The van der Waals surface area contributed by atoms with Crippen LogP contribution in [0, 0.1) is 0 Å². The van der Waals surface area contributed by atoms with Crippen molar-refractivity contribution in [3.63, 3.8) is 0 Å². The molecule has 0 aromatic carbocycles. The van der Waals surface area contributed by atoms with Crippen molar-refractivity contribution in [3.8, 4) is 0 Å². The minimum absolute atomic E-state index is 0.0387. The summed E-state index contributed by atoms with van der Waals surface area (Å²) in [5.74, 6) is -0.0387. The third-order valence-electron chi connectivity index (χ3n) is 3.05. The molecule has 0 aliphatic carbocycles. The fourth-order valence-corrected chi connectivity index (χ4v) is 2.04. The van der Waals surface area contributed by atoms with E-state index in [2.05, 4.69) is 10.1 Å². The van der Waals surface area contributed by atoms with E-state index in [1.165, 1.54) is 0 Å². The van der Waals surface area contributed by atoms with E-state index in [1.54, 1.807) is 31.4 Å². The van der Waals surface area contributed by atoms with Crippen LogP contribution in [0.2, 0.25) is 0 Å². The first kappa shape index (κ1) is 12.6. The van der Waals surface area contributed by atoms with E-state index in [4.69, 9.17) is 4.84 Å². The van der Waals surface area contributed by atoms with Crippen molar-refractivity contribution in [1.82, 2.24) is 14.5 Å². The molecular formula is C12H18N4O2. The van der Waals surface area contributed by atoms with Gasteiger partial charge >= 0.3 is 0 Å². The molecule has 0 radical (unpaired) electrons. The topological polar surface area (TPSA) is 59.7 Å². The largest absolute Gasteiger partial charge is 0.379 e. The van der Waals surface area contributed by atoms with Gasteiger partial charge in [0.1, 0.15) is 0 Å². The molecular weight excluding hydrogens is 232 g/mol. The first-order valence-corrected chi connectivity index (χ1v) is 5.94. The summed E-state index contributed by atoms with van der Waals surface area (Å²) in [6, 6.07) is 0. The number of nitrogens with zero attached hydrogens (tertiary/aromatic N) is 4. The highest BCUT2D eigenvalue weighted by Gasteiger charge is 2.42. The lowest BCUT2D eigenvalue weighted by Gasteiger charge is -2.27. The smallest absolute Gasteiger partial charge is 0.269 e. The van der Waals surface area contributed by atoms with Gasteiger partial charge in [-0.15, -0.1) is 0 Å². The first-order chi connectivity index (χ1) is 8.51. The van der Waals surface area contributed by atoms with Crippen molar-refractivity contribution in [2.45, 2.75) is 32.4 Å². The van der Waals surface area contributed by atoms with Crippen LogP contribution in [0.4, 0.5) is 0 Å².